The van der Waals surface area contributed by atoms with Gasteiger partial charge in [-0.15, -0.1) is 0 Å². The maximum Gasteiger partial charge on any atom is 0.356 e. The van der Waals surface area contributed by atoms with E-state index in [0.29, 0.717) is 11.4 Å². The molecule has 2 aliphatic carbocycles. The molecule has 10 nitrogen and oxygen atoms in total. The number of carboxylic acid groups (broad SMARTS) is 1. The minimum absolute atomic E-state index is 0.0101. The topological polar surface area (TPSA) is 140 Å². The minimum atomic E-state index is -4.00. The van der Waals surface area contributed by atoms with Gasteiger partial charge in [-0.2, -0.15) is 9.78 Å². The summed E-state index contributed by atoms with van der Waals surface area (Å²) in [5.74, 6) is -1.38. The summed E-state index contributed by atoms with van der Waals surface area (Å²) >= 11 is 0. The van der Waals surface area contributed by atoms with Gasteiger partial charge in [-0.1, -0.05) is 31.0 Å². The van der Waals surface area contributed by atoms with Crippen LogP contribution in [0.5, 0.6) is 11.6 Å². The molecule has 194 valence electrons. The number of sulfonamides is 1. The minimum Gasteiger partial charge on any atom is -0.476 e. The molecular weight excluding hydrogens is 496 g/mol. The Kier molecular flexibility index (Phi) is 6.74. The summed E-state index contributed by atoms with van der Waals surface area (Å²) in [6.07, 6.45) is 5.13. The van der Waals surface area contributed by atoms with Crippen molar-refractivity contribution in [2.75, 3.05) is 5.32 Å². The van der Waals surface area contributed by atoms with Gasteiger partial charge in [0.25, 0.3) is 0 Å². The first kappa shape index (κ1) is 25.0. The van der Waals surface area contributed by atoms with Crippen molar-refractivity contribution in [2.24, 2.45) is 5.92 Å². The summed E-state index contributed by atoms with van der Waals surface area (Å²) < 4.78 is 36.7. The largest absolute Gasteiger partial charge is 0.476 e. The number of carbonyl (C=O) groups excluding carboxylic acids is 1. The number of benzene rings is 2. The molecule has 0 aliphatic heterocycles. The van der Waals surface area contributed by atoms with Gasteiger partial charge in [0, 0.05) is 23.2 Å². The standard InChI is InChI=1S/C26H28N4O6S/c1-16-23(26(32)33)28-30(20-9-3-2-4-10-20)25(16)36-21-14-13-19(27-24(31)17-7-5-6-8-17)15-22(21)37(34,35)29-18-11-12-18/h2-4,9-10,13-15,17-18,29H,5-8,11-12H2,1H3,(H,27,31)(H,32,33). The predicted molar refractivity (Wildman–Crippen MR) is 136 cm³/mol. The highest BCUT2D eigenvalue weighted by molar-refractivity contribution is 7.89. The maximum absolute atomic E-state index is 13.3. The van der Waals surface area contributed by atoms with E-state index in [1.54, 1.807) is 37.3 Å². The van der Waals surface area contributed by atoms with E-state index >= 15 is 0 Å². The lowest BCUT2D eigenvalue weighted by molar-refractivity contribution is -0.119. The molecule has 0 unspecified atom stereocenters. The number of hydrogen-bond donors (Lipinski definition) is 3. The molecule has 0 saturated heterocycles. The van der Waals surface area contributed by atoms with Crippen molar-refractivity contribution in [3.63, 3.8) is 0 Å². The van der Waals surface area contributed by atoms with Gasteiger partial charge in [0.1, 0.15) is 10.6 Å². The Hall–Kier alpha value is -3.70. The van der Waals surface area contributed by atoms with Crippen molar-refractivity contribution in [3.05, 3.63) is 59.8 Å². The van der Waals surface area contributed by atoms with Gasteiger partial charge in [-0.3, -0.25) is 4.79 Å². The molecule has 0 spiro atoms. The molecule has 1 heterocycles. The normalized spacial score (nSPS) is 16.0. The number of aromatic nitrogens is 2. The Morgan fingerprint density at radius 3 is 2.41 bits per heavy atom. The van der Waals surface area contributed by atoms with Crippen LogP contribution >= 0.6 is 0 Å². The molecule has 37 heavy (non-hydrogen) atoms. The van der Waals surface area contributed by atoms with Crippen LogP contribution in [-0.2, 0) is 14.8 Å². The Balaban J connectivity index is 1.55. The molecule has 0 atom stereocenters. The number of para-hydroxylation sites is 1. The Bertz CT molecular complexity index is 1440. The van der Waals surface area contributed by atoms with Gasteiger partial charge in [-0.25, -0.2) is 17.9 Å². The first-order valence-corrected chi connectivity index (χ1v) is 13.7. The monoisotopic (exact) mass is 524 g/mol. The summed E-state index contributed by atoms with van der Waals surface area (Å²) in [5, 5.41) is 16.7. The van der Waals surface area contributed by atoms with Crippen LogP contribution in [0.4, 0.5) is 5.69 Å². The predicted octanol–water partition coefficient (Wildman–Crippen LogP) is 4.24. The number of amides is 1. The molecule has 11 heteroatoms. The number of ether oxygens (including phenoxy) is 1. The molecule has 1 amide bonds. The molecule has 2 aliphatic rings. The van der Waals surface area contributed by atoms with Crippen LogP contribution in [0.1, 0.15) is 54.6 Å². The second-order valence-electron chi connectivity index (χ2n) is 9.46. The molecule has 3 aromatic rings. The molecule has 3 N–H and O–H groups in total. The average molecular weight is 525 g/mol. The maximum atomic E-state index is 13.3. The third kappa shape index (κ3) is 5.37. The van der Waals surface area contributed by atoms with E-state index in [0.717, 1.165) is 38.5 Å². The summed E-state index contributed by atoms with van der Waals surface area (Å²) in [5.41, 5.74) is 0.933. The van der Waals surface area contributed by atoms with E-state index in [1.165, 1.54) is 16.8 Å². The van der Waals surface area contributed by atoms with Crippen molar-refractivity contribution >= 4 is 27.6 Å². The SMILES string of the molecule is Cc1c(C(=O)O)nn(-c2ccccc2)c1Oc1ccc(NC(=O)C2CCCC2)cc1S(=O)(=O)NC1CC1. The van der Waals surface area contributed by atoms with E-state index in [-0.39, 0.29) is 45.6 Å². The fourth-order valence-electron chi connectivity index (χ4n) is 4.45. The zero-order chi connectivity index (χ0) is 26.2. The van der Waals surface area contributed by atoms with Gasteiger partial charge in [0.05, 0.1) is 5.69 Å². The number of nitrogens with zero attached hydrogens (tertiary/aromatic N) is 2. The number of aromatic carboxylic acids is 1. The fourth-order valence-corrected chi connectivity index (χ4v) is 5.91. The third-order valence-electron chi connectivity index (χ3n) is 6.60. The number of carboxylic acids is 1. The number of rotatable bonds is 9. The first-order chi connectivity index (χ1) is 17.7. The van der Waals surface area contributed by atoms with Gasteiger partial charge in [0.2, 0.25) is 21.8 Å². The van der Waals surface area contributed by atoms with Crippen LogP contribution in [0.25, 0.3) is 5.69 Å². The van der Waals surface area contributed by atoms with Crippen LogP contribution in [0, 0.1) is 12.8 Å². The lowest BCUT2D eigenvalue weighted by Crippen LogP contribution is -2.26. The molecular formula is C26H28N4O6S. The Morgan fingerprint density at radius 2 is 1.76 bits per heavy atom. The zero-order valence-electron chi connectivity index (χ0n) is 20.3. The van der Waals surface area contributed by atoms with Gasteiger partial charge < -0.3 is 15.2 Å². The number of carbonyl (C=O) groups is 2. The summed E-state index contributed by atoms with van der Waals surface area (Å²) in [4.78, 5) is 24.3. The van der Waals surface area contributed by atoms with Crippen molar-refractivity contribution in [1.82, 2.24) is 14.5 Å². The number of nitrogens with one attached hydrogen (secondary N) is 2. The van der Waals surface area contributed by atoms with Crippen LogP contribution in [0.2, 0.25) is 0 Å². The Labute approximate surface area is 214 Å². The van der Waals surface area contributed by atoms with Crippen LogP contribution in [0.3, 0.4) is 0 Å². The van der Waals surface area contributed by atoms with E-state index in [1.807, 2.05) is 6.07 Å². The smallest absolute Gasteiger partial charge is 0.356 e. The summed E-state index contributed by atoms with van der Waals surface area (Å²) in [6, 6.07) is 13.1. The van der Waals surface area contributed by atoms with Crippen LogP contribution in [0.15, 0.2) is 53.4 Å². The number of hydrogen-bond acceptors (Lipinski definition) is 6. The fraction of sp³-hybridized carbons (Fsp3) is 0.346. The Morgan fingerprint density at radius 1 is 1.05 bits per heavy atom. The quantitative estimate of drug-likeness (QED) is 0.380. The molecule has 2 saturated carbocycles. The molecule has 5 rings (SSSR count). The highest BCUT2D eigenvalue weighted by Gasteiger charge is 2.32. The average Bonchev–Trinajstić information content (AvgIpc) is 3.37. The lowest BCUT2D eigenvalue weighted by Gasteiger charge is -2.16. The zero-order valence-corrected chi connectivity index (χ0v) is 21.1. The number of anilines is 1. The van der Waals surface area contributed by atoms with Crippen LogP contribution in [-0.4, -0.2) is 41.2 Å². The molecule has 2 aromatic carbocycles. The second-order valence-corrected chi connectivity index (χ2v) is 11.1. The third-order valence-corrected chi connectivity index (χ3v) is 8.15. The lowest BCUT2D eigenvalue weighted by atomic mass is 10.1. The van der Waals surface area contributed by atoms with Gasteiger partial charge >= 0.3 is 5.97 Å². The molecule has 0 radical (unpaired) electrons. The van der Waals surface area contributed by atoms with Crippen molar-refractivity contribution in [1.29, 1.82) is 0 Å². The van der Waals surface area contributed by atoms with Crippen molar-refractivity contribution in [3.8, 4) is 17.3 Å². The molecule has 2 fully saturated rings. The van der Waals surface area contributed by atoms with E-state index < -0.39 is 16.0 Å². The highest BCUT2D eigenvalue weighted by atomic mass is 32.2. The van der Waals surface area contributed by atoms with E-state index in [9.17, 15) is 23.1 Å². The van der Waals surface area contributed by atoms with E-state index in [2.05, 4.69) is 15.1 Å². The van der Waals surface area contributed by atoms with Crippen molar-refractivity contribution in [2.45, 2.75) is 56.4 Å². The molecule has 1 aromatic heterocycles. The van der Waals surface area contributed by atoms with Crippen molar-refractivity contribution < 1.29 is 27.9 Å². The summed E-state index contributed by atoms with van der Waals surface area (Å²) in [6.45, 7) is 1.55. The first-order valence-electron chi connectivity index (χ1n) is 12.3. The van der Waals surface area contributed by atoms with Crippen LogP contribution < -0.4 is 14.8 Å². The highest BCUT2D eigenvalue weighted by Crippen LogP contribution is 2.36. The molecule has 0 bridgehead atoms. The van der Waals surface area contributed by atoms with E-state index in [4.69, 9.17) is 4.74 Å². The van der Waals surface area contributed by atoms with Gasteiger partial charge in [0.15, 0.2) is 5.69 Å². The second kappa shape index (κ2) is 9.98. The summed E-state index contributed by atoms with van der Waals surface area (Å²) in [7, 11) is -4.00. The van der Waals surface area contributed by atoms with Gasteiger partial charge in [-0.05, 0) is 62.9 Å².